The fourth-order valence-electron chi connectivity index (χ4n) is 3.03. The van der Waals surface area contributed by atoms with Gasteiger partial charge < -0.3 is 10.6 Å². The summed E-state index contributed by atoms with van der Waals surface area (Å²) < 4.78 is 1.41. The highest BCUT2D eigenvalue weighted by molar-refractivity contribution is 6.03. The molecule has 2 heterocycles. The zero-order valence-corrected chi connectivity index (χ0v) is 15.4. The van der Waals surface area contributed by atoms with Crippen LogP contribution in [-0.2, 0) is 11.2 Å². The second kappa shape index (κ2) is 7.26. The monoisotopic (exact) mass is 376 g/mol. The summed E-state index contributed by atoms with van der Waals surface area (Å²) in [5, 5.41) is 5.66. The molecule has 1 aliphatic rings. The van der Waals surface area contributed by atoms with Crippen molar-refractivity contribution < 1.29 is 9.59 Å². The van der Waals surface area contributed by atoms with Crippen molar-refractivity contribution in [1.29, 1.82) is 0 Å². The lowest BCUT2D eigenvalue weighted by molar-refractivity contribution is -0.120. The van der Waals surface area contributed by atoms with E-state index in [1.54, 1.807) is 43.3 Å². The molecule has 0 atom stereocenters. The first-order valence-electron chi connectivity index (χ1n) is 9.18. The molecule has 1 saturated carbocycles. The second-order valence-corrected chi connectivity index (χ2v) is 7.01. The van der Waals surface area contributed by atoms with Crippen LogP contribution in [0.5, 0.6) is 0 Å². The van der Waals surface area contributed by atoms with Crippen LogP contribution in [0, 0.1) is 6.92 Å². The summed E-state index contributed by atoms with van der Waals surface area (Å²) in [7, 11) is 0. The number of nitrogens with zero attached hydrogens (tertiary/aromatic N) is 2. The van der Waals surface area contributed by atoms with Gasteiger partial charge in [-0.1, -0.05) is 18.2 Å². The minimum absolute atomic E-state index is 0.00455. The number of benzene rings is 1. The number of pyridine rings is 1. The predicted octanol–water partition coefficient (Wildman–Crippen LogP) is 2.08. The SMILES string of the molecule is Cc1cccc2ncc(C(=O)Nc3ccc(CC(=O)NC4CC4)cc3)c(=O)n12. The van der Waals surface area contributed by atoms with Gasteiger partial charge in [0.15, 0.2) is 0 Å². The third kappa shape index (κ3) is 3.78. The zero-order valence-electron chi connectivity index (χ0n) is 15.4. The van der Waals surface area contributed by atoms with E-state index in [-0.39, 0.29) is 11.5 Å². The van der Waals surface area contributed by atoms with Gasteiger partial charge in [0.25, 0.3) is 11.5 Å². The molecule has 0 unspecified atom stereocenters. The van der Waals surface area contributed by atoms with E-state index < -0.39 is 11.5 Å². The topological polar surface area (TPSA) is 92.6 Å². The summed E-state index contributed by atoms with van der Waals surface area (Å²) in [6, 6.07) is 12.7. The van der Waals surface area contributed by atoms with Crippen molar-refractivity contribution in [2.24, 2.45) is 0 Å². The van der Waals surface area contributed by atoms with Crippen LogP contribution in [0.3, 0.4) is 0 Å². The van der Waals surface area contributed by atoms with Gasteiger partial charge in [-0.3, -0.25) is 18.8 Å². The number of carbonyl (C=O) groups excluding carboxylic acids is 2. The van der Waals surface area contributed by atoms with E-state index >= 15 is 0 Å². The summed E-state index contributed by atoms with van der Waals surface area (Å²) in [5.41, 5.74) is 2.17. The van der Waals surface area contributed by atoms with Gasteiger partial charge in [0, 0.05) is 23.6 Å². The number of hydrogen-bond donors (Lipinski definition) is 2. The molecular weight excluding hydrogens is 356 g/mol. The maximum absolute atomic E-state index is 12.7. The number of hydrogen-bond acceptors (Lipinski definition) is 4. The van der Waals surface area contributed by atoms with E-state index in [4.69, 9.17) is 0 Å². The van der Waals surface area contributed by atoms with Crippen LogP contribution >= 0.6 is 0 Å². The van der Waals surface area contributed by atoms with Crippen molar-refractivity contribution in [1.82, 2.24) is 14.7 Å². The molecule has 142 valence electrons. The Hall–Kier alpha value is -3.48. The highest BCUT2D eigenvalue weighted by Crippen LogP contribution is 2.19. The molecule has 2 N–H and O–H groups in total. The molecule has 0 radical (unpaired) electrons. The van der Waals surface area contributed by atoms with Gasteiger partial charge in [0.1, 0.15) is 11.2 Å². The number of nitrogens with one attached hydrogen (secondary N) is 2. The summed E-state index contributed by atoms with van der Waals surface area (Å²) >= 11 is 0. The van der Waals surface area contributed by atoms with Crippen LogP contribution in [0.15, 0.2) is 53.5 Å². The molecule has 1 aliphatic carbocycles. The first kappa shape index (κ1) is 17.9. The first-order chi connectivity index (χ1) is 13.5. The molecule has 0 bridgehead atoms. The van der Waals surface area contributed by atoms with Gasteiger partial charge in [-0.05, 0) is 49.6 Å². The van der Waals surface area contributed by atoms with Crippen LogP contribution in [0.4, 0.5) is 5.69 Å². The van der Waals surface area contributed by atoms with Crippen LogP contribution in [0.1, 0.15) is 34.5 Å². The Morgan fingerprint density at radius 3 is 2.61 bits per heavy atom. The molecule has 4 rings (SSSR count). The molecule has 1 fully saturated rings. The fraction of sp³-hybridized carbons (Fsp3) is 0.238. The lowest BCUT2D eigenvalue weighted by Crippen LogP contribution is -2.27. The highest BCUT2D eigenvalue weighted by Gasteiger charge is 2.23. The summed E-state index contributed by atoms with van der Waals surface area (Å²) in [5.74, 6) is -0.515. The Kier molecular flexibility index (Phi) is 4.65. The lowest BCUT2D eigenvalue weighted by atomic mass is 10.1. The highest BCUT2D eigenvalue weighted by atomic mass is 16.2. The Morgan fingerprint density at radius 2 is 1.89 bits per heavy atom. The molecule has 7 heteroatoms. The van der Waals surface area contributed by atoms with Gasteiger partial charge in [-0.25, -0.2) is 4.98 Å². The number of rotatable bonds is 5. The fourth-order valence-corrected chi connectivity index (χ4v) is 3.03. The number of carbonyl (C=O) groups is 2. The van der Waals surface area contributed by atoms with Crippen LogP contribution in [0.2, 0.25) is 0 Å². The molecule has 2 aromatic heterocycles. The van der Waals surface area contributed by atoms with Gasteiger partial charge in [0.05, 0.1) is 6.42 Å². The van der Waals surface area contributed by atoms with Crippen LogP contribution in [-0.4, -0.2) is 27.2 Å². The predicted molar refractivity (Wildman–Crippen MR) is 105 cm³/mol. The number of fused-ring (bicyclic) bond motifs is 1. The minimum atomic E-state index is -0.519. The molecule has 3 aromatic rings. The van der Waals surface area contributed by atoms with Crippen molar-refractivity contribution in [3.05, 3.63) is 75.8 Å². The van der Waals surface area contributed by atoms with Gasteiger partial charge in [-0.15, -0.1) is 0 Å². The molecule has 7 nitrogen and oxygen atoms in total. The Labute approximate surface area is 161 Å². The minimum Gasteiger partial charge on any atom is -0.353 e. The van der Waals surface area contributed by atoms with E-state index in [0.717, 1.165) is 18.4 Å². The summed E-state index contributed by atoms with van der Waals surface area (Å²) in [6.07, 6.45) is 3.71. The van der Waals surface area contributed by atoms with Gasteiger partial charge >= 0.3 is 0 Å². The number of anilines is 1. The Morgan fingerprint density at radius 1 is 1.14 bits per heavy atom. The van der Waals surface area contributed by atoms with Crippen LogP contribution < -0.4 is 16.2 Å². The van der Waals surface area contributed by atoms with E-state index in [1.165, 1.54) is 10.6 Å². The molecular formula is C21H20N4O3. The number of amides is 2. The third-order valence-corrected chi connectivity index (χ3v) is 4.69. The van der Waals surface area contributed by atoms with E-state index in [9.17, 15) is 14.4 Å². The smallest absolute Gasteiger partial charge is 0.270 e. The molecule has 0 aliphatic heterocycles. The average molecular weight is 376 g/mol. The molecule has 1 aromatic carbocycles. The average Bonchev–Trinajstić information content (AvgIpc) is 3.47. The standard InChI is InChI=1S/C21H20N4O3/c1-13-3-2-4-18-22-12-17(21(28)25(13)18)20(27)24-16-7-5-14(6-8-16)11-19(26)23-15-9-10-15/h2-8,12,15H,9-11H2,1H3,(H,23,26)(H,24,27). The number of aryl methyl sites for hydroxylation is 1. The molecule has 2 amide bonds. The third-order valence-electron chi connectivity index (χ3n) is 4.69. The van der Waals surface area contributed by atoms with E-state index in [1.807, 2.05) is 6.07 Å². The van der Waals surface area contributed by atoms with Crippen LogP contribution in [0.25, 0.3) is 5.65 Å². The van der Waals surface area contributed by atoms with Crippen molar-refractivity contribution >= 4 is 23.1 Å². The van der Waals surface area contributed by atoms with Crippen molar-refractivity contribution in [3.8, 4) is 0 Å². The van der Waals surface area contributed by atoms with Gasteiger partial charge in [0.2, 0.25) is 5.91 Å². The normalized spacial score (nSPS) is 13.3. The Balaban J connectivity index is 1.48. The largest absolute Gasteiger partial charge is 0.353 e. The van der Waals surface area contributed by atoms with E-state index in [0.29, 0.717) is 29.5 Å². The van der Waals surface area contributed by atoms with Crippen molar-refractivity contribution in [2.75, 3.05) is 5.32 Å². The lowest BCUT2D eigenvalue weighted by Gasteiger charge is -2.09. The molecule has 0 spiro atoms. The van der Waals surface area contributed by atoms with Crippen molar-refractivity contribution in [2.45, 2.75) is 32.2 Å². The second-order valence-electron chi connectivity index (χ2n) is 7.01. The first-order valence-corrected chi connectivity index (χ1v) is 9.18. The van der Waals surface area contributed by atoms with E-state index in [2.05, 4.69) is 15.6 Å². The Bertz CT molecular complexity index is 1110. The maximum atomic E-state index is 12.7. The zero-order chi connectivity index (χ0) is 19.7. The summed E-state index contributed by atoms with van der Waals surface area (Å²) in [6.45, 7) is 1.79. The molecule has 0 saturated heterocycles. The van der Waals surface area contributed by atoms with Gasteiger partial charge in [-0.2, -0.15) is 0 Å². The number of aromatic nitrogens is 2. The quantitative estimate of drug-likeness (QED) is 0.713. The van der Waals surface area contributed by atoms with Crippen molar-refractivity contribution in [3.63, 3.8) is 0 Å². The summed E-state index contributed by atoms with van der Waals surface area (Å²) in [4.78, 5) is 41.3. The maximum Gasteiger partial charge on any atom is 0.270 e. The molecule has 28 heavy (non-hydrogen) atoms.